The van der Waals surface area contributed by atoms with Crippen molar-refractivity contribution in [2.45, 2.75) is 78.9 Å². The second-order valence-corrected chi connectivity index (χ2v) is 6.54. The monoisotopic (exact) mass is 256 g/mol. The number of rotatable bonds is 7. The van der Waals surface area contributed by atoms with E-state index in [0.29, 0.717) is 5.41 Å². The first-order valence-corrected chi connectivity index (χ1v) is 7.82. The molecule has 0 spiro atoms. The van der Waals surface area contributed by atoms with Crippen molar-refractivity contribution in [1.82, 2.24) is 0 Å². The number of ether oxygens (including phenoxy) is 1. The Hall–Kier alpha value is -0.0800. The van der Waals surface area contributed by atoms with Gasteiger partial charge in [-0.3, -0.25) is 0 Å². The van der Waals surface area contributed by atoms with Crippen molar-refractivity contribution >= 4 is 0 Å². The van der Waals surface area contributed by atoms with Crippen LogP contribution < -0.4 is 0 Å². The van der Waals surface area contributed by atoms with E-state index in [0.717, 1.165) is 18.9 Å². The topological polar surface area (TPSA) is 29.5 Å². The van der Waals surface area contributed by atoms with Crippen LogP contribution in [0.1, 0.15) is 72.6 Å². The van der Waals surface area contributed by atoms with Crippen LogP contribution in [0.4, 0.5) is 0 Å². The van der Waals surface area contributed by atoms with Crippen LogP contribution in [0, 0.1) is 17.3 Å². The summed E-state index contributed by atoms with van der Waals surface area (Å²) >= 11 is 0. The van der Waals surface area contributed by atoms with Gasteiger partial charge < -0.3 is 9.84 Å². The lowest BCUT2D eigenvalue weighted by molar-refractivity contribution is -0.160. The maximum atomic E-state index is 9.97. The van der Waals surface area contributed by atoms with Crippen LogP contribution in [0.25, 0.3) is 0 Å². The van der Waals surface area contributed by atoms with Crippen molar-refractivity contribution in [3.63, 3.8) is 0 Å². The molecular weight excluding hydrogens is 224 g/mol. The molecule has 0 heterocycles. The van der Waals surface area contributed by atoms with Gasteiger partial charge in [0.25, 0.3) is 0 Å². The molecule has 1 aliphatic carbocycles. The summed E-state index contributed by atoms with van der Waals surface area (Å²) in [5.41, 5.74) is 0.334. The minimum Gasteiger partial charge on any atom is -0.368 e. The quantitative estimate of drug-likeness (QED) is 0.686. The van der Waals surface area contributed by atoms with E-state index in [9.17, 15) is 5.11 Å². The Morgan fingerprint density at radius 2 is 2.11 bits per heavy atom. The van der Waals surface area contributed by atoms with E-state index in [4.69, 9.17) is 4.74 Å². The molecule has 1 fully saturated rings. The highest BCUT2D eigenvalue weighted by atomic mass is 16.6. The maximum absolute atomic E-state index is 9.97. The molecule has 4 atom stereocenters. The molecule has 0 aromatic carbocycles. The Morgan fingerprint density at radius 3 is 2.67 bits per heavy atom. The van der Waals surface area contributed by atoms with Crippen molar-refractivity contribution < 1.29 is 9.84 Å². The molecule has 2 nitrogen and oxygen atoms in total. The second kappa shape index (κ2) is 7.49. The number of hydrogen-bond acceptors (Lipinski definition) is 2. The van der Waals surface area contributed by atoms with Gasteiger partial charge in [-0.15, -0.1) is 0 Å². The van der Waals surface area contributed by atoms with Crippen LogP contribution in [0.2, 0.25) is 0 Å². The minimum atomic E-state index is -0.582. The minimum absolute atomic E-state index is 0.240. The molecule has 0 saturated heterocycles. The summed E-state index contributed by atoms with van der Waals surface area (Å²) in [6.07, 6.45) is 8.08. The standard InChI is InChI=1S/C16H32O2/c1-5-9-16(10-7-8-13(3)11-16)12-18-15(17)14(4)6-2/h13-15,17H,5-12H2,1-4H3/t13-,14?,15?,16?/m1/s1. The van der Waals surface area contributed by atoms with Crippen molar-refractivity contribution in [3.8, 4) is 0 Å². The molecule has 2 heteroatoms. The van der Waals surface area contributed by atoms with E-state index in [1.807, 2.05) is 0 Å². The van der Waals surface area contributed by atoms with Crippen LogP contribution in [0.15, 0.2) is 0 Å². The van der Waals surface area contributed by atoms with Crippen LogP contribution in [-0.4, -0.2) is 18.0 Å². The first kappa shape index (κ1) is 16.0. The summed E-state index contributed by atoms with van der Waals surface area (Å²) in [5.74, 6) is 1.05. The maximum Gasteiger partial charge on any atom is 0.157 e. The summed E-state index contributed by atoms with van der Waals surface area (Å²) in [7, 11) is 0. The normalized spacial score (nSPS) is 32.2. The van der Waals surface area contributed by atoms with Gasteiger partial charge in [0.05, 0.1) is 6.61 Å². The Morgan fingerprint density at radius 1 is 1.39 bits per heavy atom. The predicted octanol–water partition coefficient (Wildman–Crippen LogP) is 4.36. The van der Waals surface area contributed by atoms with Crippen LogP contribution in [-0.2, 0) is 4.74 Å². The first-order valence-electron chi connectivity index (χ1n) is 7.82. The molecule has 0 aromatic rings. The van der Waals surface area contributed by atoms with Crippen molar-refractivity contribution in [3.05, 3.63) is 0 Å². The fourth-order valence-corrected chi connectivity index (χ4v) is 3.36. The highest BCUT2D eigenvalue weighted by Crippen LogP contribution is 2.43. The lowest BCUT2D eigenvalue weighted by atomic mass is 9.68. The van der Waals surface area contributed by atoms with E-state index in [2.05, 4.69) is 27.7 Å². The lowest BCUT2D eigenvalue weighted by Gasteiger charge is -2.40. The van der Waals surface area contributed by atoms with Crippen molar-refractivity contribution in [2.75, 3.05) is 6.61 Å². The fourth-order valence-electron chi connectivity index (χ4n) is 3.36. The van der Waals surface area contributed by atoms with Crippen molar-refractivity contribution in [1.29, 1.82) is 0 Å². The van der Waals surface area contributed by atoms with Crippen LogP contribution in [0.3, 0.4) is 0 Å². The lowest BCUT2D eigenvalue weighted by Crippen LogP contribution is -2.35. The Bertz CT molecular complexity index is 225. The summed E-state index contributed by atoms with van der Waals surface area (Å²) in [6, 6.07) is 0. The zero-order valence-corrected chi connectivity index (χ0v) is 12.7. The van der Waals surface area contributed by atoms with Gasteiger partial charge in [-0.2, -0.15) is 0 Å². The molecule has 0 aromatic heterocycles. The van der Waals surface area contributed by atoms with Crippen LogP contribution in [0.5, 0.6) is 0 Å². The third kappa shape index (κ3) is 4.55. The highest BCUT2D eigenvalue weighted by Gasteiger charge is 2.35. The van der Waals surface area contributed by atoms with Crippen molar-refractivity contribution in [2.24, 2.45) is 17.3 Å². The van der Waals surface area contributed by atoms with Gasteiger partial charge in [0, 0.05) is 5.92 Å². The summed E-state index contributed by atoms with van der Waals surface area (Å²) < 4.78 is 5.79. The highest BCUT2D eigenvalue weighted by molar-refractivity contribution is 4.85. The molecule has 0 aliphatic heterocycles. The van der Waals surface area contributed by atoms with Crippen LogP contribution >= 0.6 is 0 Å². The summed E-state index contributed by atoms with van der Waals surface area (Å²) in [5, 5.41) is 9.97. The summed E-state index contributed by atoms with van der Waals surface area (Å²) in [4.78, 5) is 0. The Labute approximate surface area is 113 Å². The van der Waals surface area contributed by atoms with E-state index < -0.39 is 6.29 Å². The molecule has 0 bridgehead atoms. The average Bonchev–Trinajstić information content (AvgIpc) is 2.35. The number of aliphatic hydroxyl groups is 1. The van der Waals surface area contributed by atoms with E-state index >= 15 is 0 Å². The molecule has 1 N–H and O–H groups in total. The van der Waals surface area contributed by atoms with Gasteiger partial charge in [-0.05, 0) is 37.0 Å². The number of aliphatic hydroxyl groups excluding tert-OH is 1. The second-order valence-electron chi connectivity index (χ2n) is 6.54. The molecule has 3 unspecified atom stereocenters. The molecule has 1 rings (SSSR count). The number of hydrogen-bond donors (Lipinski definition) is 1. The molecular formula is C16H32O2. The van der Waals surface area contributed by atoms with E-state index in [1.54, 1.807) is 0 Å². The smallest absolute Gasteiger partial charge is 0.157 e. The van der Waals surface area contributed by atoms with E-state index in [1.165, 1.54) is 38.5 Å². The third-order valence-electron chi connectivity index (χ3n) is 4.66. The average molecular weight is 256 g/mol. The molecule has 18 heavy (non-hydrogen) atoms. The molecule has 0 amide bonds. The zero-order chi connectivity index (χ0) is 13.6. The molecule has 108 valence electrons. The molecule has 1 saturated carbocycles. The van der Waals surface area contributed by atoms with Gasteiger partial charge in [-0.25, -0.2) is 0 Å². The fraction of sp³-hybridized carbons (Fsp3) is 1.00. The van der Waals surface area contributed by atoms with Gasteiger partial charge in [0.2, 0.25) is 0 Å². The zero-order valence-electron chi connectivity index (χ0n) is 12.7. The third-order valence-corrected chi connectivity index (χ3v) is 4.66. The van der Waals surface area contributed by atoms with E-state index in [-0.39, 0.29) is 5.92 Å². The predicted molar refractivity (Wildman–Crippen MR) is 76.4 cm³/mol. The Balaban J connectivity index is 2.51. The van der Waals surface area contributed by atoms with Gasteiger partial charge in [0.15, 0.2) is 6.29 Å². The van der Waals surface area contributed by atoms with Gasteiger partial charge in [0.1, 0.15) is 0 Å². The largest absolute Gasteiger partial charge is 0.368 e. The Kier molecular flexibility index (Phi) is 6.65. The first-order chi connectivity index (χ1) is 8.53. The van der Waals surface area contributed by atoms with Gasteiger partial charge in [-0.1, -0.05) is 47.0 Å². The summed E-state index contributed by atoms with van der Waals surface area (Å²) in [6.45, 7) is 9.51. The molecule has 0 radical (unpaired) electrons. The van der Waals surface area contributed by atoms with Gasteiger partial charge >= 0.3 is 0 Å². The molecule has 1 aliphatic rings. The SMILES string of the molecule is CCCC1(COC(O)C(C)CC)CCC[C@@H](C)C1.